The van der Waals surface area contributed by atoms with Gasteiger partial charge in [-0.25, -0.2) is 0 Å². The second-order valence-electron chi connectivity index (χ2n) is 5.64. The van der Waals surface area contributed by atoms with Gasteiger partial charge in [0.15, 0.2) is 0 Å². The summed E-state index contributed by atoms with van der Waals surface area (Å²) in [6.07, 6.45) is 5.16. The van der Waals surface area contributed by atoms with Crippen molar-refractivity contribution in [2.24, 2.45) is 0 Å². The Hall–Kier alpha value is -1.06. The van der Waals surface area contributed by atoms with E-state index in [1.807, 2.05) is 7.11 Å². The quantitative estimate of drug-likeness (QED) is 0.833. The number of fused-ring (bicyclic) bond motifs is 1. The van der Waals surface area contributed by atoms with Crippen molar-refractivity contribution in [3.63, 3.8) is 0 Å². The predicted molar refractivity (Wildman–Crippen MR) is 75.8 cm³/mol. The van der Waals surface area contributed by atoms with E-state index in [-0.39, 0.29) is 0 Å². The molecule has 0 bridgehead atoms. The number of hydrogen-bond acceptors (Lipinski definition) is 3. The molecule has 3 rings (SSSR count). The molecule has 3 heteroatoms. The molecule has 1 saturated heterocycles. The summed E-state index contributed by atoms with van der Waals surface area (Å²) in [7, 11) is 3.60. The van der Waals surface area contributed by atoms with Crippen molar-refractivity contribution >= 4 is 0 Å². The topological polar surface area (TPSA) is 21.7 Å². The summed E-state index contributed by atoms with van der Waals surface area (Å²) in [6.45, 7) is 2.26. The highest BCUT2D eigenvalue weighted by molar-refractivity contribution is 5.42. The van der Waals surface area contributed by atoms with Gasteiger partial charge in [-0.05, 0) is 42.9 Å². The second kappa shape index (κ2) is 5.51. The molecule has 2 unspecified atom stereocenters. The van der Waals surface area contributed by atoms with Crippen LogP contribution in [0.3, 0.4) is 0 Å². The van der Waals surface area contributed by atoms with Gasteiger partial charge in [-0.15, -0.1) is 0 Å². The van der Waals surface area contributed by atoms with Gasteiger partial charge in [0.2, 0.25) is 0 Å². The zero-order valence-corrected chi connectivity index (χ0v) is 11.9. The molecule has 0 aromatic heterocycles. The lowest BCUT2D eigenvalue weighted by molar-refractivity contribution is 0.0988. The van der Waals surface area contributed by atoms with Gasteiger partial charge in [0.25, 0.3) is 0 Å². The molecule has 0 saturated carbocycles. The molecule has 1 fully saturated rings. The fraction of sp³-hybridized carbons (Fsp3) is 0.625. The normalized spacial score (nSPS) is 27.3. The van der Waals surface area contributed by atoms with Crippen molar-refractivity contribution in [3.05, 3.63) is 29.3 Å². The summed E-state index contributed by atoms with van der Waals surface area (Å²) >= 11 is 0. The number of ether oxygens (including phenoxy) is 2. The maximum atomic E-state index is 5.52. The molecule has 0 amide bonds. The molecule has 1 aliphatic carbocycles. The lowest BCUT2D eigenvalue weighted by atomic mass is 9.87. The van der Waals surface area contributed by atoms with Crippen LogP contribution in [-0.4, -0.2) is 44.4 Å². The molecule has 0 radical (unpaired) electrons. The van der Waals surface area contributed by atoms with E-state index in [0.717, 1.165) is 18.7 Å². The third kappa shape index (κ3) is 2.49. The lowest BCUT2D eigenvalue weighted by Crippen LogP contribution is -2.38. The van der Waals surface area contributed by atoms with Crippen molar-refractivity contribution in [3.8, 4) is 5.75 Å². The van der Waals surface area contributed by atoms with Crippen LogP contribution in [0.1, 0.15) is 24.0 Å². The van der Waals surface area contributed by atoms with E-state index >= 15 is 0 Å². The predicted octanol–water partition coefficient (Wildman–Crippen LogP) is 2.27. The van der Waals surface area contributed by atoms with Crippen LogP contribution < -0.4 is 4.74 Å². The van der Waals surface area contributed by atoms with Crippen LogP contribution in [0.4, 0.5) is 0 Å². The van der Waals surface area contributed by atoms with E-state index in [1.54, 1.807) is 7.11 Å². The van der Waals surface area contributed by atoms with Crippen molar-refractivity contribution < 1.29 is 9.47 Å². The molecule has 1 aromatic rings. The molecule has 1 aromatic carbocycles. The minimum absolute atomic E-state index is 0.430. The van der Waals surface area contributed by atoms with E-state index in [0.29, 0.717) is 12.1 Å². The molecule has 2 atom stereocenters. The third-order valence-corrected chi connectivity index (χ3v) is 4.66. The first-order chi connectivity index (χ1) is 9.31. The number of aryl methyl sites for hydroxylation is 1. The molecule has 1 aliphatic heterocycles. The summed E-state index contributed by atoms with van der Waals surface area (Å²) < 4.78 is 11.0. The van der Waals surface area contributed by atoms with Gasteiger partial charge in [0.05, 0.1) is 13.2 Å². The van der Waals surface area contributed by atoms with Crippen LogP contribution in [0.15, 0.2) is 18.2 Å². The van der Waals surface area contributed by atoms with Crippen LogP contribution in [-0.2, 0) is 17.6 Å². The summed E-state index contributed by atoms with van der Waals surface area (Å²) in [4.78, 5) is 2.60. The minimum Gasteiger partial charge on any atom is -0.496 e. The number of rotatable bonds is 3. The van der Waals surface area contributed by atoms with Crippen LogP contribution in [0.5, 0.6) is 5.75 Å². The largest absolute Gasteiger partial charge is 0.496 e. The average molecular weight is 261 g/mol. The van der Waals surface area contributed by atoms with Crippen molar-refractivity contribution in [1.29, 1.82) is 0 Å². The smallest absolute Gasteiger partial charge is 0.122 e. The number of benzene rings is 1. The van der Waals surface area contributed by atoms with Gasteiger partial charge in [-0.1, -0.05) is 12.1 Å². The fourth-order valence-electron chi connectivity index (χ4n) is 3.52. The van der Waals surface area contributed by atoms with Crippen LogP contribution in [0.25, 0.3) is 0 Å². The average Bonchev–Trinajstić information content (AvgIpc) is 2.95. The zero-order valence-electron chi connectivity index (χ0n) is 11.9. The molecule has 0 N–H and O–H groups in total. The summed E-state index contributed by atoms with van der Waals surface area (Å²) in [5.41, 5.74) is 2.89. The zero-order chi connectivity index (χ0) is 13.2. The van der Waals surface area contributed by atoms with E-state index < -0.39 is 0 Å². The maximum absolute atomic E-state index is 5.52. The highest BCUT2D eigenvalue weighted by atomic mass is 16.5. The minimum atomic E-state index is 0.430. The van der Waals surface area contributed by atoms with E-state index in [9.17, 15) is 0 Å². The Bertz CT molecular complexity index is 432. The van der Waals surface area contributed by atoms with Gasteiger partial charge in [0, 0.05) is 26.2 Å². The van der Waals surface area contributed by atoms with Crippen molar-refractivity contribution in [1.82, 2.24) is 4.90 Å². The summed E-state index contributed by atoms with van der Waals surface area (Å²) in [5, 5.41) is 0. The van der Waals surface area contributed by atoms with E-state index in [2.05, 4.69) is 23.1 Å². The van der Waals surface area contributed by atoms with Gasteiger partial charge in [0.1, 0.15) is 5.75 Å². The molecule has 2 aliphatic rings. The fourth-order valence-corrected chi connectivity index (χ4v) is 3.52. The van der Waals surface area contributed by atoms with E-state index in [4.69, 9.17) is 9.47 Å². The number of hydrogen-bond donors (Lipinski definition) is 0. The highest BCUT2D eigenvalue weighted by Crippen LogP contribution is 2.32. The summed E-state index contributed by atoms with van der Waals surface area (Å²) in [5.74, 6) is 1.06. The SMILES string of the molecule is COc1cccc2c1CC(N1CCC(OC)C1)CC2. The summed E-state index contributed by atoms with van der Waals surface area (Å²) in [6, 6.07) is 7.09. The number of likely N-dealkylation sites (tertiary alicyclic amines) is 1. The van der Waals surface area contributed by atoms with E-state index in [1.165, 1.54) is 36.9 Å². The van der Waals surface area contributed by atoms with Crippen molar-refractivity contribution in [2.45, 2.75) is 37.8 Å². The van der Waals surface area contributed by atoms with Crippen molar-refractivity contribution in [2.75, 3.05) is 27.3 Å². The Morgan fingerprint density at radius 3 is 2.84 bits per heavy atom. The Morgan fingerprint density at radius 2 is 2.11 bits per heavy atom. The van der Waals surface area contributed by atoms with Crippen LogP contribution in [0, 0.1) is 0 Å². The maximum Gasteiger partial charge on any atom is 0.122 e. The molecule has 3 nitrogen and oxygen atoms in total. The van der Waals surface area contributed by atoms with Gasteiger partial charge < -0.3 is 9.47 Å². The Kier molecular flexibility index (Phi) is 3.76. The van der Waals surface area contributed by atoms with Crippen LogP contribution in [0.2, 0.25) is 0 Å². The second-order valence-corrected chi connectivity index (χ2v) is 5.64. The first-order valence-corrected chi connectivity index (χ1v) is 7.23. The Labute approximate surface area is 115 Å². The molecular weight excluding hydrogens is 238 g/mol. The van der Waals surface area contributed by atoms with Gasteiger partial charge in [-0.2, -0.15) is 0 Å². The number of nitrogens with zero attached hydrogens (tertiary/aromatic N) is 1. The highest BCUT2D eigenvalue weighted by Gasteiger charge is 2.31. The number of methoxy groups -OCH3 is 2. The lowest BCUT2D eigenvalue weighted by Gasteiger charge is -2.33. The molecule has 0 spiro atoms. The Balaban J connectivity index is 1.75. The molecule has 19 heavy (non-hydrogen) atoms. The molecule has 104 valence electrons. The first-order valence-electron chi connectivity index (χ1n) is 7.23. The standard InChI is InChI=1S/C16H23NO2/c1-18-14-8-9-17(11-14)13-7-6-12-4-3-5-16(19-2)15(12)10-13/h3-5,13-14H,6-11H2,1-2H3. The van der Waals surface area contributed by atoms with Gasteiger partial charge in [-0.3, -0.25) is 4.90 Å². The van der Waals surface area contributed by atoms with Crippen LogP contribution >= 0.6 is 0 Å². The Morgan fingerprint density at radius 1 is 1.21 bits per heavy atom. The monoisotopic (exact) mass is 261 g/mol. The van der Waals surface area contributed by atoms with Gasteiger partial charge >= 0.3 is 0 Å². The molecular formula is C16H23NO2. The molecule has 1 heterocycles. The third-order valence-electron chi connectivity index (χ3n) is 4.66. The first kappa shape index (κ1) is 12.9.